The first-order valence-electron chi connectivity index (χ1n) is 5.11. The third-order valence-corrected chi connectivity index (χ3v) is 2.65. The molecule has 14 heavy (non-hydrogen) atoms. The first-order chi connectivity index (χ1) is 6.66. The van der Waals surface area contributed by atoms with Crippen molar-refractivity contribution in [3.63, 3.8) is 0 Å². The summed E-state index contributed by atoms with van der Waals surface area (Å²) < 4.78 is 0. The van der Waals surface area contributed by atoms with Gasteiger partial charge in [0, 0.05) is 5.92 Å². The lowest BCUT2D eigenvalue weighted by molar-refractivity contribution is 0.423. The van der Waals surface area contributed by atoms with Crippen LogP contribution in [-0.4, -0.2) is 0 Å². The molecule has 0 bridgehead atoms. The summed E-state index contributed by atoms with van der Waals surface area (Å²) in [6.45, 7) is 6.34. The van der Waals surface area contributed by atoms with Gasteiger partial charge in [0.15, 0.2) is 0 Å². The van der Waals surface area contributed by atoms with E-state index in [1.165, 1.54) is 5.56 Å². The Morgan fingerprint density at radius 1 is 1.07 bits per heavy atom. The Morgan fingerprint density at radius 3 is 2.07 bits per heavy atom. The minimum atomic E-state index is 0.0809. The number of hydrogen-bond donors (Lipinski definition) is 0. The minimum Gasteiger partial charge on any atom is -0.198 e. The molecule has 0 aromatic heterocycles. The lowest BCUT2D eigenvalue weighted by atomic mass is 9.80. The van der Waals surface area contributed by atoms with Gasteiger partial charge >= 0.3 is 0 Å². The molecule has 0 fully saturated rings. The van der Waals surface area contributed by atoms with Crippen molar-refractivity contribution in [3.05, 3.63) is 35.9 Å². The smallest absolute Gasteiger partial charge is 0.0659 e. The Labute approximate surface area is 86.4 Å². The quantitative estimate of drug-likeness (QED) is 0.709. The average Bonchev–Trinajstić information content (AvgIpc) is 2.19. The monoisotopic (exact) mass is 187 g/mol. The van der Waals surface area contributed by atoms with E-state index in [1.807, 2.05) is 25.1 Å². The van der Waals surface area contributed by atoms with Crippen LogP contribution in [0.4, 0.5) is 0 Å². The molecule has 0 N–H and O–H groups in total. The van der Waals surface area contributed by atoms with Crippen molar-refractivity contribution in [2.24, 2.45) is 11.8 Å². The maximum Gasteiger partial charge on any atom is 0.0659 e. The maximum atomic E-state index is 8.97. The molecule has 1 heteroatoms. The summed E-state index contributed by atoms with van der Waals surface area (Å²) in [4.78, 5) is 0. The maximum absolute atomic E-state index is 8.97. The second-order valence-corrected chi connectivity index (χ2v) is 4.10. The summed E-state index contributed by atoms with van der Waals surface area (Å²) in [5, 5.41) is 8.97. The largest absolute Gasteiger partial charge is 0.198 e. The van der Waals surface area contributed by atoms with Crippen LogP contribution in [0.1, 0.15) is 32.3 Å². The van der Waals surface area contributed by atoms with E-state index >= 15 is 0 Å². The highest BCUT2D eigenvalue weighted by molar-refractivity contribution is 5.22. The predicted octanol–water partition coefficient (Wildman–Crippen LogP) is 3.59. The molecule has 1 nitrogen and oxygen atoms in total. The van der Waals surface area contributed by atoms with Gasteiger partial charge in [0.25, 0.3) is 0 Å². The molecule has 0 radical (unpaired) electrons. The van der Waals surface area contributed by atoms with Crippen LogP contribution in [0.3, 0.4) is 0 Å². The molecule has 0 heterocycles. The molecule has 0 aliphatic heterocycles. The molecule has 2 atom stereocenters. The van der Waals surface area contributed by atoms with Gasteiger partial charge in [-0.25, -0.2) is 0 Å². The van der Waals surface area contributed by atoms with Gasteiger partial charge in [-0.3, -0.25) is 0 Å². The second kappa shape index (κ2) is 4.81. The van der Waals surface area contributed by atoms with Crippen LogP contribution in [-0.2, 0) is 0 Å². The summed E-state index contributed by atoms with van der Waals surface area (Å²) in [5.41, 5.74) is 1.27. The van der Waals surface area contributed by atoms with Gasteiger partial charge < -0.3 is 0 Å². The highest BCUT2D eigenvalue weighted by atomic mass is 14.3. The van der Waals surface area contributed by atoms with Gasteiger partial charge in [0.2, 0.25) is 0 Å². The highest BCUT2D eigenvalue weighted by Gasteiger charge is 2.21. The third-order valence-electron chi connectivity index (χ3n) is 2.65. The molecule has 1 aromatic carbocycles. The molecular weight excluding hydrogens is 170 g/mol. The van der Waals surface area contributed by atoms with Gasteiger partial charge in [-0.2, -0.15) is 5.26 Å². The fourth-order valence-electron chi connectivity index (χ4n) is 2.01. The zero-order chi connectivity index (χ0) is 10.6. The Bertz CT molecular complexity index is 308. The van der Waals surface area contributed by atoms with Crippen molar-refractivity contribution >= 4 is 0 Å². The van der Waals surface area contributed by atoms with Crippen molar-refractivity contribution in [3.8, 4) is 6.07 Å². The molecule has 0 saturated heterocycles. The molecule has 0 saturated carbocycles. The van der Waals surface area contributed by atoms with Crippen molar-refractivity contribution in [2.75, 3.05) is 0 Å². The first kappa shape index (κ1) is 10.8. The fraction of sp³-hybridized carbons (Fsp3) is 0.462. The van der Waals surface area contributed by atoms with E-state index < -0.39 is 0 Å². The van der Waals surface area contributed by atoms with Crippen LogP contribution in [0.15, 0.2) is 30.3 Å². The number of benzene rings is 1. The minimum absolute atomic E-state index is 0.0809. The van der Waals surface area contributed by atoms with Crippen LogP contribution < -0.4 is 0 Å². The van der Waals surface area contributed by atoms with Crippen molar-refractivity contribution in [2.45, 2.75) is 26.7 Å². The average molecular weight is 187 g/mol. The topological polar surface area (TPSA) is 23.8 Å². The van der Waals surface area contributed by atoms with Gasteiger partial charge in [0.1, 0.15) is 0 Å². The third kappa shape index (κ3) is 2.35. The summed E-state index contributed by atoms with van der Waals surface area (Å²) in [7, 11) is 0. The standard InChI is InChI=1S/C13H17N/c1-10(2)13(11(3)9-14)12-7-5-4-6-8-12/h4-8,10-11,13H,1-3H3. The van der Waals surface area contributed by atoms with Gasteiger partial charge in [-0.15, -0.1) is 0 Å². The number of nitrogens with zero attached hydrogens (tertiary/aromatic N) is 1. The summed E-state index contributed by atoms with van der Waals surface area (Å²) in [5.74, 6) is 0.936. The van der Waals surface area contributed by atoms with Gasteiger partial charge in [-0.1, -0.05) is 44.2 Å². The van der Waals surface area contributed by atoms with E-state index in [4.69, 9.17) is 5.26 Å². The van der Waals surface area contributed by atoms with E-state index in [-0.39, 0.29) is 5.92 Å². The predicted molar refractivity (Wildman–Crippen MR) is 58.8 cm³/mol. The molecule has 1 rings (SSSR count). The molecule has 0 aliphatic carbocycles. The lowest BCUT2D eigenvalue weighted by Gasteiger charge is -2.23. The second-order valence-electron chi connectivity index (χ2n) is 4.10. The molecular formula is C13H17N. The zero-order valence-electron chi connectivity index (χ0n) is 9.07. The summed E-state index contributed by atoms with van der Waals surface area (Å²) >= 11 is 0. The summed E-state index contributed by atoms with van der Waals surface area (Å²) in [6.07, 6.45) is 0. The molecule has 74 valence electrons. The van der Waals surface area contributed by atoms with Crippen molar-refractivity contribution < 1.29 is 0 Å². The zero-order valence-corrected chi connectivity index (χ0v) is 9.07. The van der Waals surface area contributed by atoms with Crippen LogP contribution in [0.25, 0.3) is 0 Å². The van der Waals surface area contributed by atoms with Crippen LogP contribution >= 0.6 is 0 Å². The summed E-state index contributed by atoms with van der Waals surface area (Å²) in [6, 6.07) is 12.6. The Morgan fingerprint density at radius 2 is 1.64 bits per heavy atom. The van der Waals surface area contributed by atoms with E-state index in [2.05, 4.69) is 32.0 Å². The van der Waals surface area contributed by atoms with E-state index in [0.29, 0.717) is 11.8 Å². The van der Waals surface area contributed by atoms with E-state index in [0.717, 1.165) is 0 Å². The van der Waals surface area contributed by atoms with Gasteiger partial charge in [0.05, 0.1) is 12.0 Å². The number of rotatable bonds is 3. The fourth-order valence-corrected chi connectivity index (χ4v) is 2.01. The Balaban J connectivity index is 2.96. The van der Waals surface area contributed by atoms with Crippen LogP contribution in [0.2, 0.25) is 0 Å². The highest BCUT2D eigenvalue weighted by Crippen LogP contribution is 2.31. The molecule has 0 amide bonds. The molecule has 0 spiro atoms. The number of nitriles is 1. The van der Waals surface area contributed by atoms with Crippen LogP contribution in [0.5, 0.6) is 0 Å². The van der Waals surface area contributed by atoms with Crippen LogP contribution in [0, 0.1) is 23.2 Å². The number of hydrogen-bond acceptors (Lipinski definition) is 1. The van der Waals surface area contributed by atoms with Gasteiger partial charge in [-0.05, 0) is 18.4 Å². The Hall–Kier alpha value is -1.29. The molecule has 1 aromatic rings. The van der Waals surface area contributed by atoms with Crippen molar-refractivity contribution in [1.29, 1.82) is 5.26 Å². The normalized spacial score (nSPS) is 14.8. The Kier molecular flexibility index (Phi) is 3.71. The first-order valence-corrected chi connectivity index (χ1v) is 5.11. The van der Waals surface area contributed by atoms with E-state index in [9.17, 15) is 0 Å². The molecule has 2 unspecified atom stereocenters. The van der Waals surface area contributed by atoms with Crippen molar-refractivity contribution in [1.82, 2.24) is 0 Å². The van der Waals surface area contributed by atoms with E-state index in [1.54, 1.807) is 0 Å². The molecule has 0 aliphatic rings. The SMILES string of the molecule is CC(C)C(c1ccccc1)C(C)C#N. The lowest BCUT2D eigenvalue weighted by Crippen LogP contribution is -2.14.